The SMILES string of the molecule is c1c(C2CCOCC2)nn2c1NCCC2. The van der Waals surface area contributed by atoms with E-state index in [0.29, 0.717) is 5.92 Å². The summed E-state index contributed by atoms with van der Waals surface area (Å²) in [5.74, 6) is 1.81. The third-order valence-corrected chi connectivity index (χ3v) is 3.29. The van der Waals surface area contributed by atoms with Crippen LogP contribution < -0.4 is 5.32 Å². The number of fused-ring (bicyclic) bond motifs is 1. The monoisotopic (exact) mass is 207 g/mol. The fourth-order valence-electron chi connectivity index (χ4n) is 2.39. The van der Waals surface area contributed by atoms with Crippen LogP contribution in [0, 0.1) is 0 Å². The number of aryl methyl sites for hydroxylation is 1. The number of rotatable bonds is 1. The zero-order chi connectivity index (χ0) is 10.1. The van der Waals surface area contributed by atoms with Crippen LogP contribution in [0.5, 0.6) is 0 Å². The maximum Gasteiger partial charge on any atom is 0.124 e. The predicted molar refractivity (Wildman–Crippen MR) is 58.1 cm³/mol. The molecule has 0 amide bonds. The average Bonchev–Trinajstić information content (AvgIpc) is 2.74. The molecule has 0 bridgehead atoms. The highest BCUT2D eigenvalue weighted by Crippen LogP contribution is 2.28. The Labute approximate surface area is 89.6 Å². The fraction of sp³-hybridized carbons (Fsp3) is 0.727. The van der Waals surface area contributed by atoms with Crippen molar-refractivity contribution >= 4 is 5.82 Å². The summed E-state index contributed by atoms with van der Waals surface area (Å²) < 4.78 is 7.48. The highest BCUT2D eigenvalue weighted by Gasteiger charge is 2.21. The van der Waals surface area contributed by atoms with Gasteiger partial charge >= 0.3 is 0 Å². The second-order valence-electron chi connectivity index (χ2n) is 4.34. The van der Waals surface area contributed by atoms with E-state index >= 15 is 0 Å². The molecule has 4 heteroatoms. The van der Waals surface area contributed by atoms with E-state index in [2.05, 4.69) is 21.2 Å². The molecule has 82 valence electrons. The van der Waals surface area contributed by atoms with E-state index in [1.807, 2.05) is 0 Å². The quantitative estimate of drug-likeness (QED) is 0.760. The topological polar surface area (TPSA) is 39.1 Å². The Kier molecular flexibility index (Phi) is 2.37. The first kappa shape index (κ1) is 9.21. The van der Waals surface area contributed by atoms with Crippen molar-refractivity contribution < 1.29 is 4.74 Å². The van der Waals surface area contributed by atoms with Gasteiger partial charge in [-0.3, -0.25) is 0 Å². The molecule has 0 radical (unpaired) electrons. The van der Waals surface area contributed by atoms with Crippen molar-refractivity contribution in [2.75, 3.05) is 25.1 Å². The van der Waals surface area contributed by atoms with Crippen molar-refractivity contribution in [3.8, 4) is 0 Å². The molecule has 2 aliphatic rings. The summed E-state index contributed by atoms with van der Waals surface area (Å²) in [5, 5.41) is 8.06. The van der Waals surface area contributed by atoms with E-state index in [0.717, 1.165) is 39.1 Å². The molecule has 1 aromatic rings. The summed E-state index contributed by atoms with van der Waals surface area (Å²) in [7, 11) is 0. The largest absolute Gasteiger partial charge is 0.381 e. The molecule has 1 fully saturated rings. The van der Waals surface area contributed by atoms with Crippen LogP contribution in [0.3, 0.4) is 0 Å². The highest BCUT2D eigenvalue weighted by molar-refractivity contribution is 5.39. The zero-order valence-electron chi connectivity index (χ0n) is 8.91. The third-order valence-electron chi connectivity index (χ3n) is 3.29. The number of ether oxygens (including phenoxy) is 1. The van der Waals surface area contributed by atoms with Gasteiger partial charge in [0.05, 0.1) is 5.69 Å². The van der Waals surface area contributed by atoms with Gasteiger partial charge in [0.25, 0.3) is 0 Å². The van der Waals surface area contributed by atoms with E-state index in [1.54, 1.807) is 0 Å². The van der Waals surface area contributed by atoms with Crippen LogP contribution in [-0.2, 0) is 11.3 Å². The number of anilines is 1. The normalized spacial score (nSPS) is 22.1. The Morgan fingerprint density at radius 3 is 3.07 bits per heavy atom. The van der Waals surface area contributed by atoms with Crippen LogP contribution in [0.1, 0.15) is 30.9 Å². The Morgan fingerprint density at radius 1 is 1.40 bits per heavy atom. The second-order valence-corrected chi connectivity index (χ2v) is 4.34. The zero-order valence-corrected chi connectivity index (χ0v) is 8.91. The van der Waals surface area contributed by atoms with E-state index in [-0.39, 0.29) is 0 Å². The minimum Gasteiger partial charge on any atom is -0.381 e. The molecule has 0 atom stereocenters. The number of nitrogens with zero attached hydrogens (tertiary/aromatic N) is 2. The number of hydrogen-bond acceptors (Lipinski definition) is 3. The molecule has 0 spiro atoms. The van der Waals surface area contributed by atoms with Gasteiger partial charge in [0.15, 0.2) is 0 Å². The predicted octanol–water partition coefficient (Wildman–Crippen LogP) is 1.59. The Morgan fingerprint density at radius 2 is 2.27 bits per heavy atom. The summed E-state index contributed by atoms with van der Waals surface area (Å²) in [6.07, 6.45) is 3.43. The van der Waals surface area contributed by atoms with Gasteiger partial charge in [-0.2, -0.15) is 5.10 Å². The van der Waals surface area contributed by atoms with Crippen LogP contribution in [0.25, 0.3) is 0 Å². The molecule has 4 nitrogen and oxygen atoms in total. The van der Waals surface area contributed by atoms with Crippen LogP contribution in [0.15, 0.2) is 6.07 Å². The Hall–Kier alpha value is -1.03. The Bertz CT molecular complexity index is 318. The minimum atomic E-state index is 0.610. The Balaban J connectivity index is 1.82. The standard InChI is InChI=1S/C11H17N3O/c1-4-12-11-8-10(13-14(11)5-1)9-2-6-15-7-3-9/h8-9,12H,1-7H2. The lowest BCUT2D eigenvalue weighted by atomic mass is 9.97. The first-order valence-electron chi connectivity index (χ1n) is 5.83. The molecule has 2 aliphatic heterocycles. The van der Waals surface area contributed by atoms with Crippen LogP contribution in [0.2, 0.25) is 0 Å². The van der Waals surface area contributed by atoms with Crippen molar-refractivity contribution in [3.63, 3.8) is 0 Å². The van der Waals surface area contributed by atoms with Gasteiger partial charge in [-0.25, -0.2) is 4.68 Å². The van der Waals surface area contributed by atoms with Crippen molar-refractivity contribution in [1.29, 1.82) is 0 Å². The minimum absolute atomic E-state index is 0.610. The lowest BCUT2D eigenvalue weighted by Crippen LogP contribution is -2.17. The van der Waals surface area contributed by atoms with Gasteiger partial charge in [-0.05, 0) is 19.3 Å². The average molecular weight is 207 g/mol. The van der Waals surface area contributed by atoms with Gasteiger partial charge in [0.2, 0.25) is 0 Å². The third kappa shape index (κ3) is 1.74. The first-order valence-corrected chi connectivity index (χ1v) is 5.83. The van der Waals surface area contributed by atoms with Crippen LogP contribution in [0.4, 0.5) is 5.82 Å². The van der Waals surface area contributed by atoms with E-state index in [1.165, 1.54) is 17.9 Å². The highest BCUT2D eigenvalue weighted by atomic mass is 16.5. The molecular weight excluding hydrogens is 190 g/mol. The maximum atomic E-state index is 5.37. The lowest BCUT2D eigenvalue weighted by Gasteiger charge is -2.19. The molecule has 1 saturated heterocycles. The van der Waals surface area contributed by atoms with E-state index in [9.17, 15) is 0 Å². The number of aromatic nitrogens is 2. The summed E-state index contributed by atoms with van der Waals surface area (Å²) in [6, 6.07) is 2.22. The second kappa shape index (κ2) is 3.85. The van der Waals surface area contributed by atoms with Gasteiger partial charge in [0, 0.05) is 38.3 Å². The molecule has 15 heavy (non-hydrogen) atoms. The van der Waals surface area contributed by atoms with Crippen LogP contribution in [-0.4, -0.2) is 29.5 Å². The molecule has 0 aliphatic carbocycles. The number of nitrogens with one attached hydrogen (secondary N) is 1. The van der Waals surface area contributed by atoms with Gasteiger partial charge in [-0.15, -0.1) is 0 Å². The fourth-order valence-corrected chi connectivity index (χ4v) is 2.39. The lowest BCUT2D eigenvalue weighted by molar-refractivity contribution is 0.0843. The summed E-state index contributed by atoms with van der Waals surface area (Å²) in [5.41, 5.74) is 1.25. The molecule has 0 unspecified atom stereocenters. The summed E-state index contributed by atoms with van der Waals surface area (Å²) in [6.45, 7) is 3.92. The first-order chi connectivity index (χ1) is 7.43. The van der Waals surface area contributed by atoms with E-state index < -0.39 is 0 Å². The van der Waals surface area contributed by atoms with Crippen molar-refractivity contribution in [3.05, 3.63) is 11.8 Å². The van der Waals surface area contributed by atoms with Gasteiger partial charge in [-0.1, -0.05) is 0 Å². The molecule has 0 saturated carbocycles. The van der Waals surface area contributed by atoms with Crippen molar-refractivity contribution in [2.24, 2.45) is 0 Å². The number of hydrogen-bond donors (Lipinski definition) is 1. The molecule has 1 N–H and O–H groups in total. The molecule has 3 heterocycles. The molecular formula is C11H17N3O. The van der Waals surface area contributed by atoms with Crippen molar-refractivity contribution in [2.45, 2.75) is 31.7 Å². The van der Waals surface area contributed by atoms with Crippen molar-refractivity contribution in [1.82, 2.24) is 9.78 Å². The summed E-state index contributed by atoms with van der Waals surface area (Å²) >= 11 is 0. The molecule has 0 aromatic carbocycles. The summed E-state index contributed by atoms with van der Waals surface area (Å²) in [4.78, 5) is 0. The van der Waals surface area contributed by atoms with Gasteiger partial charge < -0.3 is 10.1 Å². The van der Waals surface area contributed by atoms with E-state index in [4.69, 9.17) is 4.74 Å². The van der Waals surface area contributed by atoms with Crippen LogP contribution >= 0.6 is 0 Å². The molecule has 1 aromatic heterocycles. The van der Waals surface area contributed by atoms with Gasteiger partial charge in [0.1, 0.15) is 5.82 Å². The smallest absolute Gasteiger partial charge is 0.124 e. The molecule has 3 rings (SSSR count). The maximum absolute atomic E-state index is 5.37.